The van der Waals surface area contributed by atoms with E-state index < -0.39 is 0 Å². The van der Waals surface area contributed by atoms with Crippen LogP contribution >= 0.6 is 11.6 Å². The molecule has 0 spiro atoms. The maximum Gasteiger partial charge on any atom is 0.167 e. The van der Waals surface area contributed by atoms with Crippen molar-refractivity contribution in [1.29, 1.82) is 0 Å². The number of benzene rings is 1. The molecule has 1 aliphatic carbocycles. The lowest BCUT2D eigenvalue weighted by atomic mass is 10.0. The van der Waals surface area contributed by atoms with Gasteiger partial charge in [0.05, 0.1) is 5.02 Å². The van der Waals surface area contributed by atoms with E-state index in [-0.39, 0.29) is 22.5 Å². The first-order chi connectivity index (χ1) is 6.59. The second-order valence-corrected chi connectivity index (χ2v) is 4.13. The van der Waals surface area contributed by atoms with E-state index in [1.54, 1.807) is 13.0 Å². The third kappa shape index (κ3) is 1.67. The predicted molar refractivity (Wildman–Crippen MR) is 53.2 cm³/mol. The minimum absolute atomic E-state index is 0.0538. The van der Waals surface area contributed by atoms with Crippen molar-refractivity contribution in [3.63, 3.8) is 0 Å². The monoisotopic (exact) mass is 212 g/mol. The molecule has 1 aliphatic rings. The molecule has 74 valence electrons. The number of carbonyl (C=O) groups is 1. The molecule has 1 aromatic rings. The molecule has 0 N–H and O–H groups in total. The van der Waals surface area contributed by atoms with Gasteiger partial charge in [-0.25, -0.2) is 4.39 Å². The van der Waals surface area contributed by atoms with Crippen LogP contribution in [0.2, 0.25) is 5.02 Å². The Morgan fingerprint density at radius 2 is 2.14 bits per heavy atom. The number of hydrogen-bond acceptors (Lipinski definition) is 1. The number of ketones is 1. The van der Waals surface area contributed by atoms with E-state index >= 15 is 0 Å². The molecule has 0 bridgehead atoms. The van der Waals surface area contributed by atoms with Crippen molar-refractivity contribution in [2.75, 3.05) is 0 Å². The van der Waals surface area contributed by atoms with Crippen molar-refractivity contribution in [3.05, 3.63) is 34.1 Å². The Bertz CT molecular complexity index is 397. The lowest BCUT2D eigenvalue weighted by molar-refractivity contribution is 0.0967. The molecule has 0 aromatic heterocycles. The first kappa shape index (κ1) is 9.66. The van der Waals surface area contributed by atoms with Gasteiger partial charge in [-0.2, -0.15) is 0 Å². The zero-order valence-electron chi connectivity index (χ0n) is 7.81. The van der Waals surface area contributed by atoms with Gasteiger partial charge in [-0.05, 0) is 37.5 Å². The third-order valence-corrected chi connectivity index (χ3v) is 2.77. The van der Waals surface area contributed by atoms with Gasteiger partial charge in [-0.15, -0.1) is 0 Å². The van der Waals surface area contributed by atoms with Gasteiger partial charge in [0.15, 0.2) is 5.78 Å². The molecular weight excluding hydrogens is 203 g/mol. The van der Waals surface area contributed by atoms with Crippen LogP contribution in [0.4, 0.5) is 4.39 Å². The van der Waals surface area contributed by atoms with Gasteiger partial charge in [-0.1, -0.05) is 11.6 Å². The van der Waals surface area contributed by atoms with Gasteiger partial charge in [0.25, 0.3) is 0 Å². The minimum atomic E-state index is -0.359. The van der Waals surface area contributed by atoms with Crippen LogP contribution in [0.3, 0.4) is 0 Å². The quantitative estimate of drug-likeness (QED) is 0.687. The van der Waals surface area contributed by atoms with E-state index in [2.05, 4.69) is 0 Å². The maximum absolute atomic E-state index is 13.0. The predicted octanol–water partition coefficient (Wildman–Crippen LogP) is 3.38. The fraction of sp³-hybridized carbons (Fsp3) is 0.364. The van der Waals surface area contributed by atoms with Crippen LogP contribution in [0.1, 0.15) is 28.8 Å². The van der Waals surface area contributed by atoms with Crippen molar-refractivity contribution in [2.24, 2.45) is 5.92 Å². The van der Waals surface area contributed by atoms with Gasteiger partial charge < -0.3 is 0 Å². The Kier molecular flexibility index (Phi) is 2.31. The van der Waals surface area contributed by atoms with E-state index in [9.17, 15) is 9.18 Å². The molecule has 0 heterocycles. The zero-order valence-corrected chi connectivity index (χ0v) is 8.57. The van der Waals surface area contributed by atoms with Crippen LogP contribution in [0.25, 0.3) is 0 Å². The second kappa shape index (κ2) is 3.35. The van der Waals surface area contributed by atoms with Crippen LogP contribution in [0.5, 0.6) is 0 Å². The highest BCUT2D eigenvalue weighted by molar-refractivity contribution is 6.34. The molecule has 0 saturated heterocycles. The summed E-state index contributed by atoms with van der Waals surface area (Å²) in [7, 11) is 0. The Morgan fingerprint density at radius 3 is 2.71 bits per heavy atom. The maximum atomic E-state index is 13.0. The summed E-state index contributed by atoms with van der Waals surface area (Å²) in [5.74, 6) is -0.183. The summed E-state index contributed by atoms with van der Waals surface area (Å²) in [4.78, 5) is 11.7. The molecule has 1 saturated carbocycles. The van der Waals surface area contributed by atoms with Crippen LogP contribution in [-0.2, 0) is 0 Å². The number of rotatable bonds is 2. The third-order valence-electron chi connectivity index (χ3n) is 2.46. The molecule has 3 heteroatoms. The normalized spacial score (nSPS) is 15.6. The van der Waals surface area contributed by atoms with Gasteiger partial charge >= 0.3 is 0 Å². The number of aryl methyl sites for hydroxylation is 1. The molecule has 1 nitrogen and oxygen atoms in total. The number of carbonyl (C=O) groups excluding carboxylic acids is 1. The van der Waals surface area contributed by atoms with Gasteiger partial charge in [0.1, 0.15) is 5.82 Å². The van der Waals surface area contributed by atoms with E-state index in [0.717, 1.165) is 12.8 Å². The van der Waals surface area contributed by atoms with Crippen molar-refractivity contribution in [3.8, 4) is 0 Å². The summed E-state index contributed by atoms with van der Waals surface area (Å²) in [5, 5.41) is 0.227. The molecule has 0 aliphatic heterocycles. The van der Waals surface area contributed by atoms with E-state index in [0.29, 0.717) is 11.1 Å². The molecule has 1 aromatic carbocycles. The number of halogens is 2. The number of Topliss-reactive ketones (excluding diaryl/α,β-unsaturated/α-hetero) is 1. The van der Waals surface area contributed by atoms with Crippen LogP contribution < -0.4 is 0 Å². The number of hydrogen-bond donors (Lipinski definition) is 0. The summed E-state index contributed by atoms with van der Waals surface area (Å²) < 4.78 is 13.0. The lowest BCUT2D eigenvalue weighted by Gasteiger charge is -2.04. The topological polar surface area (TPSA) is 17.1 Å². The first-order valence-electron chi connectivity index (χ1n) is 4.59. The summed E-state index contributed by atoms with van der Waals surface area (Å²) in [5.41, 5.74) is 0.937. The van der Waals surface area contributed by atoms with Crippen molar-refractivity contribution in [1.82, 2.24) is 0 Å². The minimum Gasteiger partial charge on any atom is -0.294 e. The molecule has 0 radical (unpaired) electrons. The Balaban J connectivity index is 2.41. The van der Waals surface area contributed by atoms with E-state index in [1.165, 1.54) is 6.07 Å². The summed E-state index contributed by atoms with van der Waals surface area (Å²) >= 11 is 5.81. The molecule has 0 unspecified atom stereocenters. The van der Waals surface area contributed by atoms with Gasteiger partial charge in [0.2, 0.25) is 0 Å². The SMILES string of the molecule is Cc1cc(C(=O)C2CC2)c(Cl)cc1F. The average molecular weight is 213 g/mol. The fourth-order valence-corrected chi connectivity index (χ4v) is 1.65. The van der Waals surface area contributed by atoms with Gasteiger partial charge in [-0.3, -0.25) is 4.79 Å². The smallest absolute Gasteiger partial charge is 0.167 e. The molecule has 0 amide bonds. The van der Waals surface area contributed by atoms with Gasteiger partial charge in [0, 0.05) is 11.5 Å². The standard InChI is InChI=1S/C11H10ClFO/c1-6-4-8(9(12)5-10(6)13)11(14)7-2-3-7/h4-5,7H,2-3H2,1H3. The van der Waals surface area contributed by atoms with Crippen molar-refractivity contribution < 1.29 is 9.18 Å². The van der Waals surface area contributed by atoms with Crippen molar-refractivity contribution >= 4 is 17.4 Å². The highest BCUT2D eigenvalue weighted by Crippen LogP contribution is 2.35. The summed E-state index contributed by atoms with van der Waals surface area (Å²) in [6, 6.07) is 2.75. The lowest BCUT2D eigenvalue weighted by Crippen LogP contribution is -2.03. The van der Waals surface area contributed by atoms with Crippen LogP contribution in [0.15, 0.2) is 12.1 Å². The molecule has 2 rings (SSSR count). The van der Waals surface area contributed by atoms with E-state index in [4.69, 9.17) is 11.6 Å². The Labute approximate surface area is 86.9 Å². The highest BCUT2D eigenvalue weighted by atomic mass is 35.5. The summed E-state index contributed by atoms with van der Waals surface area (Å²) in [6.45, 7) is 1.63. The van der Waals surface area contributed by atoms with Crippen LogP contribution in [-0.4, -0.2) is 5.78 Å². The first-order valence-corrected chi connectivity index (χ1v) is 4.97. The second-order valence-electron chi connectivity index (χ2n) is 3.72. The zero-order chi connectivity index (χ0) is 10.3. The summed E-state index contributed by atoms with van der Waals surface area (Å²) in [6.07, 6.45) is 1.87. The Morgan fingerprint density at radius 1 is 1.50 bits per heavy atom. The van der Waals surface area contributed by atoms with Crippen LogP contribution in [0, 0.1) is 18.7 Å². The largest absolute Gasteiger partial charge is 0.294 e. The Hall–Kier alpha value is -0.890. The molecular formula is C11H10ClFO. The molecule has 14 heavy (non-hydrogen) atoms. The highest BCUT2D eigenvalue weighted by Gasteiger charge is 2.31. The molecule has 1 fully saturated rings. The van der Waals surface area contributed by atoms with E-state index in [1.807, 2.05) is 0 Å². The average Bonchev–Trinajstić information content (AvgIpc) is 2.93. The van der Waals surface area contributed by atoms with Crippen molar-refractivity contribution in [2.45, 2.75) is 19.8 Å². The fourth-order valence-electron chi connectivity index (χ4n) is 1.41. The molecule has 0 atom stereocenters.